The smallest absolute Gasteiger partial charge is 0.326 e. The third-order valence-electron chi connectivity index (χ3n) is 2.79. The highest BCUT2D eigenvalue weighted by Gasteiger charge is 2.35. The van der Waals surface area contributed by atoms with Crippen molar-refractivity contribution in [2.75, 3.05) is 6.54 Å². The summed E-state index contributed by atoms with van der Waals surface area (Å²) in [6.45, 7) is 0.483. The fraction of sp³-hybridized carbons (Fsp3) is 0.364. The van der Waals surface area contributed by atoms with Gasteiger partial charge in [0.15, 0.2) is 0 Å². The van der Waals surface area contributed by atoms with Gasteiger partial charge in [0.05, 0.1) is 5.56 Å². The lowest BCUT2D eigenvalue weighted by Crippen LogP contribution is -2.40. The normalized spacial score (nSPS) is 19.4. The zero-order valence-corrected chi connectivity index (χ0v) is 10.6. The van der Waals surface area contributed by atoms with Crippen molar-refractivity contribution >= 4 is 27.8 Å². The molecule has 0 aromatic carbocycles. The van der Waals surface area contributed by atoms with Crippen LogP contribution >= 0.6 is 15.9 Å². The van der Waals surface area contributed by atoms with E-state index in [0.717, 1.165) is 6.42 Å². The molecule has 2 rings (SSSR count). The number of pyridine rings is 1. The van der Waals surface area contributed by atoms with Crippen molar-refractivity contribution in [2.24, 2.45) is 0 Å². The molecule has 1 fully saturated rings. The zero-order valence-electron chi connectivity index (χ0n) is 8.97. The van der Waals surface area contributed by atoms with E-state index in [-0.39, 0.29) is 5.91 Å². The quantitative estimate of drug-likeness (QED) is 0.841. The number of aromatic nitrogens is 1. The number of likely N-dealkylation sites (tertiary alicyclic amines) is 1. The number of rotatable bonds is 2. The molecule has 1 aliphatic rings. The van der Waals surface area contributed by atoms with Gasteiger partial charge in [-0.25, -0.2) is 9.78 Å². The molecule has 0 saturated carbocycles. The first-order valence-electron chi connectivity index (χ1n) is 5.25. The predicted octanol–water partition coefficient (Wildman–Crippen LogP) is 1.53. The number of halogens is 1. The third kappa shape index (κ3) is 2.31. The Balaban J connectivity index is 2.26. The van der Waals surface area contributed by atoms with Crippen LogP contribution in [0.4, 0.5) is 0 Å². The lowest BCUT2D eigenvalue weighted by molar-refractivity contribution is -0.141. The predicted molar refractivity (Wildman–Crippen MR) is 63.6 cm³/mol. The second kappa shape index (κ2) is 4.83. The summed E-state index contributed by atoms with van der Waals surface area (Å²) in [6.07, 6.45) is 2.80. The van der Waals surface area contributed by atoms with Crippen LogP contribution in [0.25, 0.3) is 0 Å². The summed E-state index contributed by atoms with van der Waals surface area (Å²) in [7, 11) is 0. The van der Waals surface area contributed by atoms with Crippen LogP contribution < -0.4 is 0 Å². The minimum absolute atomic E-state index is 0.283. The summed E-state index contributed by atoms with van der Waals surface area (Å²) < 4.78 is 0.445. The Bertz CT molecular complexity index is 464. The van der Waals surface area contributed by atoms with Gasteiger partial charge in [-0.3, -0.25) is 4.79 Å². The highest BCUT2D eigenvalue weighted by atomic mass is 79.9. The number of carboxylic acids is 1. The maximum atomic E-state index is 12.2. The first-order valence-corrected chi connectivity index (χ1v) is 6.05. The Kier molecular flexibility index (Phi) is 3.42. The second-order valence-electron chi connectivity index (χ2n) is 3.84. The van der Waals surface area contributed by atoms with Crippen molar-refractivity contribution in [2.45, 2.75) is 18.9 Å². The molecule has 1 amide bonds. The van der Waals surface area contributed by atoms with E-state index in [2.05, 4.69) is 20.9 Å². The van der Waals surface area contributed by atoms with E-state index in [4.69, 9.17) is 5.11 Å². The van der Waals surface area contributed by atoms with Gasteiger partial charge in [0.2, 0.25) is 0 Å². The molecular formula is C11H11BrN2O3. The van der Waals surface area contributed by atoms with Gasteiger partial charge in [-0.1, -0.05) is 0 Å². The van der Waals surface area contributed by atoms with Gasteiger partial charge in [-0.05, 0) is 40.9 Å². The second-order valence-corrected chi connectivity index (χ2v) is 4.59. The molecule has 0 radical (unpaired) electrons. The SMILES string of the molecule is O=C(O)[C@@H]1CCCN1C(=O)c1cccnc1Br. The maximum Gasteiger partial charge on any atom is 0.326 e. The number of carboxylic acid groups (broad SMARTS) is 1. The standard InChI is InChI=1S/C11H11BrN2O3/c12-9-7(3-1-5-13-9)10(15)14-6-2-4-8(14)11(16)17/h1,3,5,8H,2,4,6H2,(H,16,17)/t8-/m0/s1. The molecule has 2 heterocycles. The van der Waals surface area contributed by atoms with E-state index in [9.17, 15) is 9.59 Å². The molecule has 1 aromatic heterocycles. The van der Waals surface area contributed by atoms with Crippen LogP contribution in [0.5, 0.6) is 0 Å². The number of amides is 1. The molecule has 1 aromatic rings. The average molecular weight is 299 g/mol. The summed E-state index contributed by atoms with van der Waals surface area (Å²) >= 11 is 3.19. The van der Waals surface area contributed by atoms with Crippen LogP contribution in [0.3, 0.4) is 0 Å². The minimum atomic E-state index is -0.948. The molecule has 0 aliphatic carbocycles. The number of nitrogens with zero attached hydrogens (tertiary/aromatic N) is 2. The number of hydrogen-bond acceptors (Lipinski definition) is 3. The number of hydrogen-bond donors (Lipinski definition) is 1. The van der Waals surface area contributed by atoms with E-state index in [1.54, 1.807) is 18.3 Å². The van der Waals surface area contributed by atoms with Crippen molar-refractivity contribution in [1.82, 2.24) is 9.88 Å². The lowest BCUT2D eigenvalue weighted by Gasteiger charge is -2.21. The van der Waals surface area contributed by atoms with Gasteiger partial charge in [0.1, 0.15) is 10.6 Å². The van der Waals surface area contributed by atoms with Crippen LogP contribution in [-0.2, 0) is 4.79 Å². The molecule has 1 atom stereocenters. The highest BCUT2D eigenvalue weighted by Crippen LogP contribution is 2.22. The fourth-order valence-electron chi connectivity index (χ4n) is 1.97. The van der Waals surface area contributed by atoms with E-state index >= 15 is 0 Å². The zero-order chi connectivity index (χ0) is 12.4. The summed E-state index contributed by atoms with van der Waals surface area (Å²) in [5.41, 5.74) is 0.403. The van der Waals surface area contributed by atoms with Gasteiger partial charge >= 0.3 is 5.97 Å². The van der Waals surface area contributed by atoms with E-state index in [1.807, 2.05) is 0 Å². The Morgan fingerprint density at radius 1 is 1.53 bits per heavy atom. The van der Waals surface area contributed by atoms with Crippen LogP contribution in [0.2, 0.25) is 0 Å². The van der Waals surface area contributed by atoms with E-state index < -0.39 is 12.0 Å². The van der Waals surface area contributed by atoms with Crippen molar-refractivity contribution in [3.63, 3.8) is 0 Å². The molecule has 17 heavy (non-hydrogen) atoms. The first-order chi connectivity index (χ1) is 8.11. The monoisotopic (exact) mass is 298 g/mol. The Morgan fingerprint density at radius 2 is 2.29 bits per heavy atom. The summed E-state index contributed by atoms with van der Waals surface area (Å²) in [6, 6.07) is 2.58. The molecular weight excluding hydrogens is 288 g/mol. The Morgan fingerprint density at radius 3 is 2.94 bits per heavy atom. The number of carbonyl (C=O) groups is 2. The van der Waals surface area contributed by atoms with Crippen LogP contribution in [0.15, 0.2) is 22.9 Å². The van der Waals surface area contributed by atoms with Crippen LogP contribution in [0.1, 0.15) is 23.2 Å². The van der Waals surface area contributed by atoms with Gasteiger partial charge in [0.25, 0.3) is 5.91 Å². The minimum Gasteiger partial charge on any atom is -0.480 e. The van der Waals surface area contributed by atoms with Crippen molar-refractivity contribution < 1.29 is 14.7 Å². The molecule has 0 unspecified atom stereocenters. The molecule has 0 spiro atoms. The Hall–Kier alpha value is -1.43. The number of carbonyl (C=O) groups excluding carboxylic acids is 1. The van der Waals surface area contributed by atoms with Crippen molar-refractivity contribution in [1.29, 1.82) is 0 Å². The molecule has 1 saturated heterocycles. The fourth-order valence-corrected chi connectivity index (χ4v) is 2.39. The Labute approximate surface area is 107 Å². The summed E-state index contributed by atoms with van der Waals surface area (Å²) in [5, 5.41) is 9.03. The van der Waals surface area contributed by atoms with Crippen molar-refractivity contribution in [3.05, 3.63) is 28.5 Å². The highest BCUT2D eigenvalue weighted by molar-refractivity contribution is 9.10. The number of aliphatic carboxylic acids is 1. The topological polar surface area (TPSA) is 70.5 Å². The molecule has 1 N–H and O–H groups in total. The molecule has 1 aliphatic heterocycles. The van der Waals surface area contributed by atoms with Crippen LogP contribution in [0, 0.1) is 0 Å². The summed E-state index contributed by atoms with van der Waals surface area (Å²) in [4.78, 5) is 28.5. The van der Waals surface area contributed by atoms with Crippen molar-refractivity contribution in [3.8, 4) is 0 Å². The summed E-state index contributed by atoms with van der Waals surface area (Å²) in [5.74, 6) is -1.23. The van der Waals surface area contributed by atoms with Gasteiger partial charge < -0.3 is 10.0 Å². The maximum absolute atomic E-state index is 12.2. The van der Waals surface area contributed by atoms with Crippen LogP contribution in [-0.4, -0.2) is 39.5 Å². The first kappa shape index (κ1) is 12.0. The molecule has 90 valence electrons. The largest absolute Gasteiger partial charge is 0.480 e. The van der Waals surface area contributed by atoms with Gasteiger partial charge in [0, 0.05) is 12.7 Å². The van der Waals surface area contributed by atoms with Gasteiger partial charge in [-0.2, -0.15) is 0 Å². The lowest BCUT2D eigenvalue weighted by atomic mass is 10.2. The molecule has 5 nitrogen and oxygen atoms in total. The third-order valence-corrected chi connectivity index (χ3v) is 3.42. The van der Waals surface area contributed by atoms with E-state index in [1.165, 1.54) is 4.90 Å². The van der Waals surface area contributed by atoms with E-state index in [0.29, 0.717) is 23.1 Å². The molecule has 6 heteroatoms. The average Bonchev–Trinajstić information content (AvgIpc) is 2.77. The molecule has 0 bridgehead atoms. The van der Waals surface area contributed by atoms with Gasteiger partial charge in [-0.15, -0.1) is 0 Å².